The third kappa shape index (κ3) is 4.74. The summed E-state index contributed by atoms with van der Waals surface area (Å²) in [5.41, 5.74) is 2.21. The maximum Gasteiger partial charge on any atom is 0.240 e. The molecular weight excluding hydrogens is 388 g/mol. The third-order valence-corrected chi connectivity index (χ3v) is 6.06. The molecule has 2 aromatic heterocycles. The summed E-state index contributed by atoms with van der Waals surface area (Å²) in [6.07, 6.45) is 4.92. The van der Waals surface area contributed by atoms with Crippen molar-refractivity contribution >= 4 is 20.0 Å². The van der Waals surface area contributed by atoms with E-state index in [0.717, 1.165) is 17.7 Å². The first kappa shape index (κ1) is 19.1. The number of sulfonamides is 2. The van der Waals surface area contributed by atoms with Crippen LogP contribution in [0.2, 0.25) is 0 Å². The van der Waals surface area contributed by atoms with E-state index in [1.54, 1.807) is 36.8 Å². The highest BCUT2D eigenvalue weighted by atomic mass is 32.2. The molecule has 0 spiro atoms. The van der Waals surface area contributed by atoms with Gasteiger partial charge in [0.15, 0.2) is 0 Å². The Bertz CT molecular complexity index is 1150. The van der Waals surface area contributed by atoms with Crippen LogP contribution in [0, 0.1) is 0 Å². The molecule has 1 aromatic carbocycles. The fraction of sp³-hybridized carbons (Fsp3) is 0.0588. The SMILES string of the molecule is NS(=O)(=O)c1ccc(S(=O)(=O)NCc2ccnc(-c3cccnc3)c2)cc1. The van der Waals surface area contributed by atoms with E-state index in [1.165, 1.54) is 12.1 Å². The molecule has 0 aliphatic heterocycles. The van der Waals surface area contributed by atoms with Crippen LogP contribution in [0.4, 0.5) is 0 Å². The molecule has 0 aliphatic carbocycles. The first-order valence-electron chi connectivity index (χ1n) is 7.73. The van der Waals surface area contributed by atoms with Gasteiger partial charge in [0.05, 0.1) is 15.5 Å². The minimum Gasteiger partial charge on any atom is -0.264 e. The van der Waals surface area contributed by atoms with Crippen molar-refractivity contribution in [3.63, 3.8) is 0 Å². The van der Waals surface area contributed by atoms with Gasteiger partial charge in [-0.15, -0.1) is 0 Å². The van der Waals surface area contributed by atoms with Crippen LogP contribution in [-0.2, 0) is 26.6 Å². The van der Waals surface area contributed by atoms with Crippen LogP contribution in [0.3, 0.4) is 0 Å². The lowest BCUT2D eigenvalue weighted by molar-refractivity contribution is 0.580. The van der Waals surface area contributed by atoms with Crippen molar-refractivity contribution in [1.82, 2.24) is 14.7 Å². The Kier molecular flexibility index (Phi) is 5.33. The van der Waals surface area contributed by atoms with Crippen molar-refractivity contribution in [1.29, 1.82) is 0 Å². The minimum absolute atomic E-state index is 0.0506. The lowest BCUT2D eigenvalue weighted by atomic mass is 10.1. The molecule has 10 heteroatoms. The third-order valence-electron chi connectivity index (χ3n) is 3.71. The average Bonchev–Trinajstić information content (AvgIpc) is 2.67. The van der Waals surface area contributed by atoms with Crippen LogP contribution in [0.25, 0.3) is 11.3 Å². The summed E-state index contributed by atoms with van der Waals surface area (Å²) in [6, 6.07) is 11.8. The van der Waals surface area contributed by atoms with Gasteiger partial charge in [-0.25, -0.2) is 26.7 Å². The van der Waals surface area contributed by atoms with Gasteiger partial charge in [-0.3, -0.25) is 9.97 Å². The number of nitrogens with one attached hydrogen (secondary N) is 1. The van der Waals surface area contributed by atoms with Crippen LogP contribution in [-0.4, -0.2) is 26.8 Å². The molecule has 140 valence electrons. The van der Waals surface area contributed by atoms with Gasteiger partial charge in [0.1, 0.15) is 0 Å². The number of nitrogens with two attached hydrogens (primary N) is 1. The molecule has 0 unspecified atom stereocenters. The van der Waals surface area contributed by atoms with Crippen molar-refractivity contribution in [2.24, 2.45) is 5.14 Å². The Morgan fingerprint density at radius 2 is 1.63 bits per heavy atom. The molecular formula is C17H16N4O4S2. The molecule has 3 rings (SSSR count). The highest BCUT2D eigenvalue weighted by Crippen LogP contribution is 2.17. The number of benzene rings is 1. The Hall–Kier alpha value is -2.66. The second-order valence-corrected chi connectivity index (χ2v) is 8.96. The Morgan fingerprint density at radius 1 is 0.926 bits per heavy atom. The number of nitrogens with zero attached hydrogens (tertiary/aromatic N) is 2. The number of aromatic nitrogens is 2. The molecule has 2 heterocycles. The maximum absolute atomic E-state index is 12.4. The summed E-state index contributed by atoms with van der Waals surface area (Å²) >= 11 is 0. The van der Waals surface area contributed by atoms with Gasteiger partial charge in [-0.1, -0.05) is 0 Å². The van der Waals surface area contributed by atoms with Gasteiger partial charge in [0, 0.05) is 30.7 Å². The predicted octanol–water partition coefficient (Wildman–Crippen LogP) is 1.27. The van der Waals surface area contributed by atoms with Crippen LogP contribution in [0.1, 0.15) is 5.56 Å². The highest BCUT2D eigenvalue weighted by Gasteiger charge is 2.16. The van der Waals surface area contributed by atoms with Gasteiger partial charge >= 0.3 is 0 Å². The molecule has 3 N–H and O–H groups in total. The molecule has 0 bridgehead atoms. The zero-order valence-electron chi connectivity index (χ0n) is 14.0. The number of hydrogen-bond donors (Lipinski definition) is 2. The Balaban J connectivity index is 1.76. The molecule has 0 amide bonds. The monoisotopic (exact) mass is 404 g/mol. The minimum atomic E-state index is -3.88. The van der Waals surface area contributed by atoms with Crippen LogP contribution in [0.5, 0.6) is 0 Å². The summed E-state index contributed by atoms with van der Waals surface area (Å²) in [6.45, 7) is 0.0506. The van der Waals surface area contributed by atoms with E-state index >= 15 is 0 Å². The quantitative estimate of drug-likeness (QED) is 0.636. The summed E-state index contributed by atoms with van der Waals surface area (Å²) in [7, 11) is -7.70. The van der Waals surface area contributed by atoms with Crippen molar-refractivity contribution in [3.05, 3.63) is 72.7 Å². The zero-order chi connectivity index (χ0) is 19.5. The van der Waals surface area contributed by atoms with Gasteiger partial charge in [-0.05, 0) is 54.1 Å². The second kappa shape index (κ2) is 7.53. The second-order valence-electron chi connectivity index (χ2n) is 5.63. The summed E-state index contributed by atoms with van der Waals surface area (Å²) in [5.74, 6) is 0. The first-order valence-corrected chi connectivity index (χ1v) is 10.8. The lowest BCUT2D eigenvalue weighted by Crippen LogP contribution is -2.23. The van der Waals surface area contributed by atoms with Gasteiger partial charge in [0.25, 0.3) is 0 Å². The molecule has 0 atom stereocenters. The molecule has 3 aromatic rings. The van der Waals surface area contributed by atoms with Crippen molar-refractivity contribution < 1.29 is 16.8 Å². The van der Waals surface area contributed by atoms with Crippen LogP contribution >= 0.6 is 0 Å². The van der Waals surface area contributed by atoms with E-state index in [0.29, 0.717) is 11.3 Å². The van der Waals surface area contributed by atoms with Gasteiger partial charge in [-0.2, -0.15) is 0 Å². The van der Waals surface area contributed by atoms with Crippen molar-refractivity contribution in [3.8, 4) is 11.3 Å². The normalized spacial score (nSPS) is 12.0. The molecule has 0 saturated carbocycles. The van der Waals surface area contributed by atoms with Gasteiger partial charge < -0.3 is 0 Å². The van der Waals surface area contributed by atoms with E-state index in [4.69, 9.17) is 5.14 Å². The van der Waals surface area contributed by atoms with Crippen molar-refractivity contribution in [2.75, 3.05) is 0 Å². The Morgan fingerprint density at radius 3 is 2.26 bits per heavy atom. The fourth-order valence-corrected chi connectivity index (χ4v) is 3.86. The molecule has 0 radical (unpaired) electrons. The molecule has 8 nitrogen and oxygen atoms in total. The van der Waals surface area contributed by atoms with Crippen molar-refractivity contribution in [2.45, 2.75) is 16.3 Å². The number of hydrogen-bond acceptors (Lipinski definition) is 6. The van der Waals surface area contributed by atoms with E-state index in [-0.39, 0.29) is 16.3 Å². The van der Waals surface area contributed by atoms with E-state index in [1.807, 2.05) is 6.07 Å². The fourth-order valence-electron chi connectivity index (χ4n) is 2.33. The molecule has 0 aliphatic rings. The lowest BCUT2D eigenvalue weighted by Gasteiger charge is -2.08. The first-order chi connectivity index (χ1) is 12.8. The summed E-state index contributed by atoms with van der Waals surface area (Å²) < 4.78 is 49.8. The Labute approximate surface area is 157 Å². The molecule has 0 saturated heterocycles. The van der Waals surface area contributed by atoms with Crippen LogP contribution in [0.15, 0.2) is 76.9 Å². The topological polar surface area (TPSA) is 132 Å². The van der Waals surface area contributed by atoms with E-state index in [2.05, 4.69) is 14.7 Å². The van der Waals surface area contributed by atoms with Crippen LogP contribution < -0.4 is 9.86 Å². The molecule has 27 heavy (non-hydrogen) atoms. The average molecular weight is 404 g/mol. The number of primary sulfonamides is 1. The number of pyridine rings is 2. The predicted molar refractivity (Wildman–Crippen MR) is 99.3 cm³/mol. The van der Waals surface area contributed by atoms with E-state index < -0.39 is 20.0 Å². The zero-order valence-corrected chi connectivity index (χ0v) is 15.6. The van der Waals surface area contributed by atoms with Gasteiger partial charge in [0.2, 0.25) is 20.0 Å². The largest absolute Gasteiger partial charge is 0.264 e. The number of rotatable bonds is 6. The van der Waals surface area contributed by atoms with E-state index in [9.17, 15) is 16.8 Å². The maximum atomic E-state index is 12.4. The molecule has 0 fully saturated rings. The smallest absolute Gasteiger partial charge is 0.240 e. The summed E-state index contributed by atoms with van der Waals surface area (Å²) in [4.78, 5) is 8.08. The summed E-state index contributed by atoms with van der Waals surface area (Å²) in [5, 5.41) is 5.01. The standard InChI is InChI=1S/C17H16N4O4S2/c18-26(22,23)15-3-5-16(6-4-15)27(24,25)21-11-13-7-9-20-17(10-13)14-2-1-8-19-12-14/h1-10,12,21H,11H2,(H2,18,22,23). The highest BCUT2D eigenvalue weighted by molar-refractivity contribution is 7.89.